The molecule has 0 saturated carbocycles. The summed E-state index contributed by atoms with van der Waals surface area (Å²) in [7, 11) is 3.99. The fourth-order valence-electron chi connectivity index (χ4n) is 3.48. The highest BCUT2D eigenvalue weighted by atomic mass is 16.1. The molecule has 30 heavy (non-hydrogen) atoms. The quantitative estimate of drug-likeness (QED) is 0.526. The van der Waals surface area contributed by atoms with Gasteiger partial charge in [0, 0.05) is 37.6 Å². The zero-order valence-electron chi connectivity index (χ0n) is 17.7. The fourth-order valence-corrected chi connectivity index (χ4v) is 3.48. The van der Waals surface area contributed by atoms with Crippen LogP contribution in [0.1, 0.15) is 22.8 Å². The van der Waals surface area contributed by atoms with Gasteiger partial charge >= 0.3 is 0 Å². The Morgan fingerprint density at radius 1 is 1.10 bits per heavy atom. The highest BCUT2D eigenvalue weighted by Gasteiger charge is 2.18. The van der Waals surface area contributed by atoms with E-state index in [0.717, 1.165) is 33.6 Å². The summed E-state index contributed by atoms with van der Waals surface area (Å²) in [6.07, 6.45) is 1.72. The molecule has 1 amide bonds. The summed E-state index contributed by atoms with van der Waals surface area (Å²) in [6, 6.07) is 17.7. The molecule has 2 aromatic carbocycles. The Balaban J connectivity index is 1.77. The average Bonchev–Trinajstić information content (AvgIpc) is 3.18. The minimum Gasteiger partial charge on any atom is -0.378 e. The van der Waals surface area contributed by atoms with Gasteiger partial charge in [0.05, 0.1) is 22.8 Å². The Morgan fingerprint density at radius 3 is 2.53 bits per heavy atom. The van der Waals surface area contributed by atoms with Crippen molar-refractivity contribution in [2.24, 2.45) is 0 Å². The van der Waals surface area contributed by atoms with E-state index in [9.17, 15) is 4.79 Å². The molecule has 2 aromatic heterocycles. The number of amides is 1. The zero-order valence-corrected chi connectivity index (χ0v) is 17.7. The number of fused-ring (bicyclic) bond motifs is 1. The van der Waals surface area contributed by atoms with Gasteiger partial charge in [-0.15, -0.1) is 0 Å². The number of benzene rings is 2. The van der Waals surface area contributed by atoms with Crippen molar-refractivity contribution in [3.05, 3.63) is 71.9 Å². The summed E-state index contributed by atoms with van der Waals surface area (Å²) in [4.78, 5) is 20.1. The van der Waals surface area contributed by atoms with Gasteiger partial charge in [0.2, 0.25) is 0 Å². The first-order valence-electron chi connectivity index (χ1n) is 9.99. The lowest BCUT2D eigenvalue weighted by atomic mass is 10.1. The van der Waals surface area contributed by atoms with E-state index in [2.05, 4.69) is 16.5 Å². The van der Waals surface area contributed by atoms with Gasteiger partial charge in [0.1, 0.15) is 0 Å². The van der Waals surface area contributed by atoms with Crippen molar-refractivity contribution < 1.29 is 4.79 Å². The normalized spacial score (nSPS) is 10.9. The molecule has 0 fully saturated rings. The Labute approximate surface area is 176 Å². The molecule has 152 valence electrons. The Morgan fingerprint density at radius 2 is 1.87 bits per heavy atom. The SMILES string of the molecule is CCn1ncc2c(C(=O)Nc3ccc(N(C)C)cc3C)cc(-c3ccccc3)nc21. The molecule has 0 atom stereocenters. The molecule has 0 aliphatic carbocycles. The molecule has 0 spiro atoms. The van der Waals surface area contributed by atoms with Gasteiger partial charge in [-0.25, -0.2) is 9.67 Å². The number of hydrogen-bond donors (Lipinski definition) is 1. The summed E-state index contributed by atoms with van der Waals surface area (Å²) >= 11 is 0. The molecule has 0 aliphatic heterocycles. The number of pyridine rings is 1. The number of hydrogen-bond acceptors (Lipinski definition) is 4. The van der Waals surface area contributed by atoms with Crippen LogP contribution in [-0.4, -0.2) is 34.8 Å². The highest BCUT2D eigenvalue weighted by molar-refractivity contribution is 6.12. The van der Waals surface area contributed by atoms with E-state index in [1.54, 1.807) is 6.20 Å². The van der Waals surface area contributed by atoms with E-state index in [1.807, 2.05) is 86.1 Å². The van der Waals surface area contributed by atoms with E-state index in [4.69, 9.17) is 4.98 Å². The monoisotopic (exact) mass is 399 g/mol. The number of carbonyl (C=O) groups is 1. The van der Waals surface area contributed by atoms with Gasteiger partial charge in [0.25, 0.3) is 5.91 Å². The topological polar surface area (TPSA) is 63.1 Å². The smallest absolute Gasteiger partial charge is 0.256 e. The van der Waals surface area contributed by atoms with Gasteiger partial charge in [-0.2, -0.15) is 5.10 Å². The molecular formula is C24H25N5O. The maximum Gasteiger partial charge on any atom is 0.256 e. The van der Waals surface area contributed by atoms with Crippen molar-refractivity contribution >= 4 is 28.3 Å². The molecule has 2 heterocycles. The minimum absolute atomic E-state index is 0.170. The molecule has 0 saturated heterocycles. The van der Waals surface area contributed by atoms with Crippen LogP contribution in [-0.2, 0) is 6.54 Å². The summed E-state index contributed by atoms with van der Waals surface area (Å²) in [6.45, 7) is 4.69. The fraction of sp³-hybridized carbons (Fsp3) is 0.208. The van der Waals surface area contributed by atoms with Crippen molar-refractivity contribution in [2.45, 2.75) is 20.4 Å². The van der Waals surface area contributed by atoms with E-state index in [0.29, 0.717) is 17.8 Å². The first kappa shape index (κ1) is 19.6. The second-order valence-electron chi connectivity index (χ2n) is 7.47. The maximum absolute atomic E-state index is 13.3. The number of nitrogens with zero attached hydrogens (tertiary/aromatic N) is 4. The lowest BCUT2D eigenvalue weighted by molar-refractivity contribution is 0.102. The lowest BCUT2D eigenvalue weighted by Crippen LogP contribution is -2.15. The van der Waals surface area contributed by atoms with Crippen LogP contribution in [0.2, 0.25) is 0 Å². The number of anilines is 2. The van der Waals surface area contributed by atoms with Crippen LogP contribution < -0.4 is 10.2 Å². The molecular weight excluding hydrogens is 374 g/mol. The number of nitrogens with one attached hydrogen (secondary N) is 1. The van der Waals surface area contributed by atoms with Gasteiger partial charge in [0.15, 0.2) is 5.65 Å². The predicted molar refractivity (Wildman–Crippen MR) is 122 cm³/mol. The van der Waals surface area contributed by atoms with Crippen LogP contribution in [0.4, 0.5) is 11.4 Å². The van der Waals surface area contributed by atoms with E-state index >= 15 is 0 Å². The van der Waals surface area contributed by atoms with Crippen molar-refractivity contribution in [3.63, 3.8) is 0 Å². The van der Waals surface area contributed by atoms with Gasteiger partial charge in [-0.3, -0.25) is 4.79 Å². The molecule has 6 heteroatoms. The van der Waals surface area contributed by atoms with Crippen LogP contribution in [0.5, 0.6) is 0 Å². The molecule has 1 N–H and O–H groups in total. The standard InChI is InChI=1S/C24H25N5O/c1-5-29-23-20(15-25-29)19(14-22(26-23)17-9-7-6-8-10-17)24(30)27-21-12-11-18(28(3)4)13-16(21)2/h6-15H,5H2,1-4H3,(H,27,30). The molecule has 4 rings (SSSR count). The molecule has 6 nitrogen and oxygen atoms in total. The number of rotatable bonds is 5. The molecule has 0 unspecified atom stereocenters. The van der Waals surface area contributed by atoms with Crippen LogP contribution in [0.25, 0.3) is 22.3 Å². The average molecular weight is 399 g/mol. The number of aromatic nitrogens is 3. The highest BCUT2D eigenvalue weighted by Crippen LogP contribution is 2.27. The molecule has 4 aromatic rings. The first-order valence-corrected chi connectivity index (χ1v) is 9.99. The maximum atomic E-state index is 13.3. The van der Waals surface area contributed by atoms with Crippen LogP contribution in [0, 0.1) is 6.92 Å². The van der Waals surface area contributed by atoms with Crippen LogP contribution >= 0.6 is 0 Å². The lowest BCUT2D eigenvalue weighted by Gasteiger charge is -2.16. The number of carbonyl (C=O) groups excluding carboxylic acids is 1. The zero-order chi connectivity index (χ0) is 21.3. The third kappa shape index (κ3) is 3.64. The Bertz CT molecular complexity index is 1210. The third-order valence-corrected chi connectivity index (χ3v) is 5.20. The van der Waals surface area contributed by atoms with Crippen molar-refractivity contribution in [1.82, 2.24) is 14.8 Å². The molecule has 0 radical (unpaired) electrons. The summed E-state index contributed by atoms with van der Waals surface area (Å²) in [5.41, 5.74) is 5.88. The predicted octanol–water partition coefficient (Wildman–Crippen LogP) is 4.74. The second-order valence-corrected chi connectivity index (χ2v) is 7.47. The van der Waals surface area contributed by atoms with Crippen molar-refractivity contribution in [2.75, 3.05) is 24.3 Å². The first-order chi connectivity index (χ1) is 14.5. The Kier molecular flexibility index (Phi) is 5.23. The second kappa shape index (κ2) is 7.99. The van der Waals surface area contributed by atoms with Crippen molar-refractivity contribution in [1.29, 1.82) is 0 Å². The summed E-state index contributed by atoms with van der Waals surface area (Å²) in [5.74, 6) is -0.170. The van der Waals surface area contributed by atoms with E-state index in [1.165, 1.54) is 0 Å². The van der Waals surface area contributed by atoms with E-state index in [-0.39, 0.29) is 5.91 Å². The van der Waals surface area contributed by atoms with Crippen LogP contribution in [0.15, 0.2) is 60.8 Å². The molecule has 0 aliphatic rings. The van der Waals surface area contributed by atoms with Crippen molar-refractivity contribution in [3.8, 4) is 11.3 Å². The summed E-state index contributed by atoms with van der Waals surface area (Å²) in [5, 5.41) is 8.23. The van der Waals surface area contributed by atoms with Gasteiger partial charge in [-0.05, 0) is 43.7 Å². The Hall–Kier alpha value is -3.67. The van der Waals surface area contributed by atoms with E-state index < -0.39 is 0 Å². The number of aryl methyl sites for hydroxylation is 2. The minimum atomic E-state index is -0.170. The van der Waals surface area contributed by atoms with Gasteiger partial charge < -0.3 is 10.2 Å². The van der Waals surface area contributed by atoms with Gasteiger partial charge in [-0.1, -0.05) is 30.3 Å². The van der Waals surface area contributed by atoms with Crippen LogP contribution in [0.3, 0.4) is 0 Å². The largest absolute Gasteiger partial charge is 0.378 e. The molecule has 0 bridgehead atoms. The summed E-state index contributed by atoms with van der Waals surface area (Å²) < 4.78 is 1.82. The third-order valence-electron chi connectivity index (χ3n) is 5.20.